The number of carbonyl (C=O) groups excluding carboxylic acids is 1. The maximum atomic E-state index is 11.5. The molecule has 0 bridgehead atoms. The predicted octanol–water partition coefficient (Wildman–Crippen LogP) is 1.16. The first kappa shape index (κ1) is 11.5. The molecule has 5 heteroatoms. The number of rotatable bonds is 2. The molecule has 1 aromatic heterocycles. The van der Waals surface area contributed by atoms with E-state index in [1.165, 1.54) is 0 Å². The van der Waals surface area contributed by atoms with Crippen LogP contribution in [0.5, 0.6) is 0 Å². The van der Waals surface area contributed by atoms with Gasteiger partial charge in [-0.1, -0.05) is 0 Å². The fraction of sp³-hybridized carbons (Fsp3) is 0.455. The van der Waals surface area contributed by atoms with Crippen molar-refractivity contribution in [2.24, 2.45) is 0 Å². The summed E-state index contributed by atoms with van der Waals surface area (Å²) in [5, 5.41) is 2.85. The summed E-state index contributed by atoms with van der Waals surface area (Å²) < 4.78 is 0.971. The number of halogens is 1. The number of hydrogen-bond acceptors (Lipinski definition) is 3. The van der Waals surface area contributed by atoms with Gasteiger partial charge in [-0.15, -0.1) is 0 Å². The Bertz CT molecular complexity index is 397. The third-order valence-corrected chi connectivity index (χ3v) is 3.21. The Kier molecular flexibility index (Phi) is 3.56. The number of pyridine rings is 1. The van der Waals surface area contributed by atoms with Gasteiger partial charge in [-0.05, 0) is 34.5 Å². The minimum atomic E-state index is -0.0623. The number of hydrogen-bond donors (Lipinski definition) is 1. The first-order valence-corrected chi connectivity index (χ1v) is 6.07. The van der Waals surface area contributed by atoms with Gasteiger partial charge in [0, 0.05) is 36.5 Å². The SMILES string of the molecule is CC1C(=O)NCCN1Cc1cncc(Br)c1. The van der Waals surface area contributed by atoms with Gasteiger partial charge >= 0.3 is 0 Å². The van der Waals surface area contributed by atoms with E-state index in [1.54, 1.807) is 6.20 Å². The third-order valence-electron chi connectivity index (χ3n) is 2.77. The minimum absolute atomic E-state index is 0.0623. The van der Waals surface area contributed by atoms with Crippen molar-refractivity contribution in [1.82, 2.24) is 15.2 Å². The topological polar surface area (TPSA) is 45.2 Å². The molecular formula is C11H14BrN3O. The van der Waals surface area contributed by atoms with Crippen molar-refractivity contribution < 1.29 is 4.79 Å². The number of aromatic nitrogens is 1. The molecule has 1 fully saturated rings. The Hall–Kier alpha value is -0.940. The van der Waals surface area contributed by atoms with Gasteiger partial charge in [-0.25, -0.2) is 0 Å². The van der Waals surface area contributed by atoms with Crippen LogP contribution in [0.2, 0.25) is 0 Å². The second-order valence-electron chi connectivity index (χ2n) is 3.95. The molecular weight excluding hydrogens is 270 g/mol. The lowest BCUT2D eigenvalue weighted by Crippen LogP contribution is -2.53. The van der Waals surface area contributed by atoms with Gasteiger partial charge in [0.05, 0.1) is 6.04 Å². The molecule has 1 aliphatic rings. The Labute approximate surface area is 103 Å². The fourth-order valence-corrected chi connectivity index (χ4v) is 2.23. The quantitative estimate of drug-likeness (QED) is 0.886. The Morgan fingerprint density at radius 1 is 1.62 bits per heavy atom. The first-order valence-electron chi connectivity index (χ1n) is 5.28. The van der Waals surface area contributed by atoms with Crippen LogP contribution >= 0.6 is 15.9 Å². The summed E-state index contributed by atoms with van der Waals surface area (Å²) in [5.74, 6) is 0.106. The van der Waals surface area contributed by atoms with E-state index in [-0.39, 0.29) is 11.9 Å². The molecule has 16 heavy (non-hydrogen) atoms. The summed E-state index contributed by atoms with van der Waals surface area (Å²) in [6.07, 6.45) is 3.60. The molecule has 2 rings (SSSR count). The zero-order chi connectivity index (χ0) is 11.5. The van der Waals surface area contributed by atoms with E-state index < -0.39 is 0 Å². The van der Waals surface area contributed by atoms with E-state index in [9.17, 15) is 4.79 Å². The molecule has 1 aromatic rings. The van der Waals surface area contributed by atoms with Crippen LogP contribution in [0.4, 0.5) is 0 Å². The van der Waals surface area contributed by atoms with Crippen LogP contribution in [0.15, 0.2) is 22.9 Å². The zero-order valence-electron chi connectivity index (χ0n) is 9.11. The average Bonchev–Trinajstić information content (AvgIpc) is 2.25. The van der Waals surface area contributed by atoms with Crippen molar-refractivity contribution in [1.29, 1.82) is 0 Å². The molecule has 0 saturated carbocycles. The third kappa shape index (κ3) is 2.59. The van der Waals surface area contributed by atoms with Gasteiger partial charge in [0.1, 0.15) is 0 Å². The van der Waals surface area contributed by atoms with Gasteiger partial charge < -0.3 is 5.32 Å². The lowest BCUT2D eigenvalue weighted by atomic mass is 10.1. The maximum Gasteiger partial charge on any atom is 0.237 e. The molecule has 1 saturated heterocycles. The van der Waals surface area contributed by atoms with Crippen molar-refractivity contribution in [3.05, 3.63) is 28.5 Å². The largest absolute Gasteiger partial charge is 0.353 e. The Morgan fingerprint density at radius 3 is 3.19 bits per heavy atom. The second kappa shape index (κ2) is 4.93. The highest BCUT2D eigenvalue weighted by Gasteiger charge is 2.25. The first-order chi connectivity index (χ1) is 7.66. The zero-order valence-corrected chi connectivity index (χ0v) is 10.7. The molecule has 1 N–H and O–H groups in total. The number of nitrogens with zero attached hydrogens (tertiary/aromatic N) is 2. The molecule has 0 spiro atoms. The second-order valence-corrected chi connectivity index (χ2v) is 4.86. The molecule has 86 valence electrons. The van der Waals surface area contributed by atoms with Crippen molar-refractivity contribution in [3.63, 3.8) is 0 Å². The van der Waals surface area contributed by atoms with Crippen molar-refractivity contribution in [2.75, 3.05) is 13.1 Å². The maximum absolute atomic E-state index is 11.5. The van der Waals surface area contributed by atoms with Gasteiger partial charge in [0.2, 0.25) is 5.91 Å². The lowest BCUT2D eigenvalue weighted by molar-refractivity contribution is -0.128. The van der Waals surface area contributed by atoms with Crippen LogP contribution in [0.3, 0.4) is 0 Å². The summed E-state index contributed by atoms with van der Waals surface area (Å²) in [5.41, 5.74) is 1.12. The minimum Gasteiger partial charge on any atom is -0.353 e. The van der Waals surface area contributed by atoms with Crippen LogP contribution in [-0.2, 0) is 11.3 Å². The Morgan fingerprint density at radius 2 is 2.44 bits per heavy atom. The summed E-state index contributed by atoms with van der Waals surface area (Å²) in [6.45, 7) is 4.31. The molecule has 1 amide bonds. The molecule has 0 aromatic carbocycles. The van der Waals surface area contributed by atoms with Crippen LogP contribution < -0.4 is 5.32 Å². The highest BCUT2D eigenvalue weighted by molar-refractivity contribution is 9.10. The van der Waals surface area contributed by atoms with Gasteiger partial charge in [0.15, 0.2) is 0 Å². The molecule has 0 radical (unpaired) electrons. The molecule has 4 nitrogen and oxygen atoms in total. The van der Waals surface area contributed by atoms with Gasteiger partial charge in [0.25, 0.3) is 0 Å². The van der Waals surface area contributed by atoms with Gasteiger partial charge in [-0.3, -0.25) is 14.7 Å². The fourth-order valence-electron chi connectivity index (χ4n) is 1.82. The van der Waals surface area contributed by atoms with E-state index >= 15 is 0 Å². The predicted molar refractivity (Wildman–Crippen MR) is 64.8 cm³/mol. The molecule has 0 aliphatic carbocycles. The molecule has 1 atom stereocenters. The number of amides is 1. The Balaban J connectivity index is 2.06. The normalized spacial score (nSPS) is 21.9. The number of nitrogens with one attached hydrogen (secondary N) is 1. The van der Waals surface area contributed by atoms with Crippen LogP contribution in [0, 0.1) is 0 Å². The average molecular weight is 284 g/mol. The van der Waals surface area contributed by atoms with Gasteiger partial charge in [-0.2, -0.15) is 0 Å². The van der Waals surface area contributed by atoms with E-state index in [1.807, 2.05) is 19.2 Å². The van der Waals surface area contributed by atoms with E-state index in [0.29, 0.717) is 0 Å². The van der Waals surface area contributed by atoms with E-state index in [4.69, 9.17) is 0 Å². The summed E-state index contributed by atoms with van der Waals surface area (Å²) in [7, 11) is 0. The van der Waals surface area contributed by atoms with Crippen LogP contribution in [-0.4, -0.2) is 34.9 Å². The van der Waals surface area contributed by atoms with Crippen molar-refractivity contribution >= 4 is 21.8 Å². The summed E-state index contributed by atoms with van der Waals surface area (Å²) >= 11 is 3.39. The van der Waals surface area contributed by atoms with Crippen LogP contribution in [0.1, 0.15) is 12.5 Å². The van der Waals surface area contributed by atoms with Crippen molar-refractivity contribution in [2.45, 2.75) is 19.5 Å². The summed E-state index contributed by atoms with van der Waals surface area (Å²) in [4.78, 5) is 17.8. The van der Waals surface area contributed by atoms with E-state index in [2.05, 4.69) is 31.1 Å². The molecule has 2 heterocycles. The molecule has 1 aliphatic heterocycles. The lowest BCUT2D eigenvalue weighted by Gasteiger charge is -2.32. The smallest absolute Gasteiger partial charge is 0.237 e. The number of carbonyl (C=O) groups is 1. The highest BCUT2D eigenvalue weighted by atomic mass is 79.9. The van der Waals surface area contributed by atoms with Crippen LogP contribution in [0.25, 0.3) is 0 Å². The van der Waals surface area contributed by atoms with E-state index in [0.717, 1.165) is 29.7 Å². The van der Waals surface area contributed by atoms with Crippen molar-refractivity contribution in [3.8, 4) is 0 Å². The highest BCUT2D eigenvalue weighted by Crippen LogP contribution is 2.14. The summed E-state index contributed by atoms with van der Waals surface area (Å²) in [6, 6.07) is 1.97. The number of piperazine rings is 1. The monoisotopic (exact) mass is 283 g/mol. The standard InChI is InChI=1S/C11H14BrN3O/c1-8-11(16)14-2-3-15(8)7-9-4-10(12)6-13-5-9/h4-6,8H,2-3,7H2,1H3,(H,14,16). The molecule has 1 unspecified atom stereocenters.